The maximum Gasteiger partial charge on any atom is 0.404 e. The number of amides is 1. The molecule has 0 spiro atoms. The molecule has 0 unspecified atom stereocenters. The largest absolute Gasteiger partial charge is 0.448 e. The van der Waals surface area contributed by atoms with Gasteiger partial charge in [-0.15, -0.1) is 0 Å². The van der Waals surface area contributed by atoms with Crippen molar-refractivity contribution in [1.82, 2.24) is 4.72 Å². The number of carbonyl (C=O) groups excluding carboxylic acids is 1. The third kappa shape index (κ3) is 4.17. The van der Waals surface area contributed by atoms with Crippen molar-refractivity contribution < 1.29 is 17.9 Å². The van der Waals surface area contributed by atoms with Gasteiger partial charge < -0.3 is 16.2 Å². The summed E-state index contributed by atoms with van der Waals surface area (Å²) in [5, 5.41) is 0. The van der Waals surface area contributed by atoms with Crippen molar-refractivity contribution in [1.29, 1.82) is 0 Å². The fourth-order valence-electron chi connectivity index (χ4n) is 1.17. The van der Waals surface area contributed by atoms with E-state index in [0.29, 0.717) is 4.47 Å². The molecule has 1 aromatic carbocycles. The van der Waals surface area contributed by atoms with E-state index >= 15 is 0 Å². The van der Waals surface area contributed by atoms with Gasteiger partial charge in [-0.3, -0.25) is 0 Å². The number of nitrogens with two attached hydrogens (primary N) is 2. The molecule has 9 heteroatoms. The van der Waals surface area contributed by atoms with Crippen LogP contribution in [-0.2, 0) is 14.8 Å². The van der Waals surface area contributed by atoms with E-state index in [1.165, 1.54) is 12.1 Å². The summed E-state index contributed by atoms with van der Waals surface area (Å²) in [7, 11) is -3.73. The normalized spacial score (nSPS) is 11.2. The first-order chi connectivity index (χ1) is 8.33. The summed E-state index contributed by atoms with van der Waals surface area (Å²) in [6.07, 6.45) is -0.961. The van der Waals surface area contributed by atoms with Crippen molar-refractivity contribution >= 4 is 37.7 Å². The van der Waals surface area contributed by atoms with Crippen molar-refractivity contribution in [2.45, 2.75) is 4.90 Å². The zero-order chi connectivity index (χ0) is 13.8. The number of benzene rings is 1. The quantitative estimate of drug-likeness (QED) is 0.530. The molecule has 1 aromatic rings. The highest BCUT2D eigenvalue weighted by Gasteiger charge is 2.16. The number of anilines is 1. The number of carbonyl (C=O) groups is 1. The van der Waals surface area contributed by atoms with Gasteiger partial charge in [-0.2, -0.15) is 0 Å². The maximum atomic E-state index is 11.8. The smallest absolute Gasteiger partial charge is 0.404 e. The second kappa shape index (κ2) is 6.03. The van der Waals surface area contributed by atoms with Gasteiger partial charge >= 0.3 is 6.09 Å². The Morgan fingerprint density at radius 1 is 1.44 bits per heavy atom. The Morgan fingerprint density at radius 3 is 2.67 bits per heavy atom. The molecule has 0 fully saturated rings. The van der Waals surface area contributed by atoms with Crippen LogP contribution in [0.1, 0.15) is 0 Å². The molecule has 0 aromatic heterocycles. The average Bonchev–Trinajstić information content (AvgIpc) is 2.23. The second-order valence-electron chi connectivity index (χ2n) is 3.25. The van der Waals surface area contributed by atoms with Crippen LogP contribution in [0.5, 0.6) is 0 Å². The Hall–Kier alpha value is -1.32. The molecule has 1 amide bonds. The van der Waals surface area contributed by atoms with Crippen LogP contribution < -0.4 is 16.2 Å². The molecular weight excluding hydrogens is 326 g/mol. The predicted molar refractivity (Wildman–Crippen MR) is 69.3 cm³/mol. The number of hydrogen-bond donors (Lipinski definition) is 3. The van der Waals surface area contributed by atoms with E-state index < -0.39 is 16.1 Å². The molecule has 0 aliphatic rings. The lowest BCUT2D eigenvalue weighted by molar-refractivity contribution is 0.159. The van der Waals surface area contributed by atoms with Gasteiger partial charge in [-0.25, -0.2) is 17.9 Å². The van der Waals surface area contributed by atoms with Crippen molar-refractivity contribution in [3.05, 3.63) is 22.7 Å². The first-order valence-corrected chi connectivity index (χ1v) is 7.07. The molecule has 0 aliphatic carbocycles. The fraction of sp³-hybridized carbons (Fsp3) is 0.222. The van der Waals surface area contributed by atoms with Crippen LogP contribution in [0.4, 0.5) is 10.5 Å². The third-order valence-electron chi connectivity index (χ3n) is 1.90. The standard InChI is InChI=1S/C9H12BrN3O4S/c10-6-1-2-8(7(11)5-6)18(15,16)13-3-4-17-9(12)14/h1-2,5,13H,3-4,11H2,(H2,12,14). The van der Waals surface area contributed by atoms with Crippen LogP contribution in [0, 0.1) is 0 Å². The summed E-state index contributed by atoms with van der Waals surface area (Å²) in [4.78, 5) is 10.2. The van der Waals surface area contributed by atoms with E-state index in [9.17, 15) is 13.2 Å². The van der Waals surface area contributed by atoms with Gasteiger partial charge in [0.15, 0.2) is 0 Å². The van der Waals surface area contributed by atoms with Crippen molar-refractivity contribution in [2.24, 2.45) is 5.73 Å². The van der Waals surface area contributed by atoms with Gasteiger partial charge in [0.05, 0.1) is 5.69 Å². The minimum atomic E-state index is -3.73. The van der Waals surface area contributed by atoms with E-state index in [2.05, 4.69) is 25.4 Å². The van der Waals surface area contributed by atoms with Crippen LogP contribution in [-0.4, -0.2) is 27.7 Å². The summed E-state index contributed by atoms with van der Waals surface area (Å²) < 4.78 is 31.0. The van der Waals surface area contributed by atoms with Gasteiger partial charge in [0.1, 0.15) is 11.5 Å². The van der Waals surface area contributed by atoms with Gasteiger partial charge in [0.2, 0.25) is 10.0 Å². The molecule has 0 radical (unpaired) electrons. The Morgan fingerprint density at radius 2 is 2.11 bits per heavy atom. The van der Waals surface area contributed by atoms with Crippen LogP contribution >= 0.6 is 15.9 Å². The SMILES string of the molecule is NC(=O)OCCNS(=O)(=O)c1ccc(Br)cc1N. The number of hydrogen-bond acceptors (Lipinski definition) is 5. The molecule has 0 atom stereocenters. The Bertz CT molecular complexity index is 547. The molecule has 18 heavy (non-hydrogen) atoms. The molecule has 0 aliphatic heterocycles. The molecule has 5 N–H and O–H groups in total. The zero-order valence-electron chi connectivity index (χ0n) is 9.22. The molecular formula is C9H12BrN3O4S. The minimum Gasteiger partial charge on any atom is -0.448 e. The highest BCUT2D eigenvalue weighted by molar-refractivity contribution is 9.10. The Kier molecular flexibility index (Phi) is 4.93. The zero-order valence-corrected chi connectivity index (χ0v) is 11.6. The second-order valence-corrected chi connectivity index (χ2v) is 5.90. The van der Waals surface area contributed by atoms with Crippen LogP contribution in [0.15, 0.2) is 27.6 Å². The number of ether oxygens (including phenoxy) is 1. The topological polar surface area (TPSA) is 125 Å². The Labute approximate surface area is 113 Å². The number of nitrogens with one attached hydrogen (secondary N) is 1. The number of sulfonamides is 1. The number of nitrogen functional groups attached to an aromatic ring is 1. The summed E-state index contributed by atoms with van der Waals surface area (Å²) >= 11 is 3.18. The molecule has 7 nitrogen and oxygen atoms in total. The van der Waals surface area contributed by atoms with Gasteiger partial charge in [-0.05, 0) is 18.2 Å². The average molecular weight is 338 g/mol. The molecule has 0 saturated carbocycles. The van der Waals surface area contributed by atoms with E-state index in [0.717, 1.165) is 0 Å². The van der Waals surface area contributed by atoms with Gasteiger partial charge in [0, 0.05) is 11.0 Å². The van der Waals surface area contributed by atoms with E-state index in [4.69, 9.17) is 11.5 Å². The Balaban J connectivity index is 2.71. The van der Waals surface area contributed by atoms with Crippen molar-refractivity contribution in [3.8, 4) is 0 Å². The number of rotatable bonds is 5. The maximum absolute atomic E-state index is 11.8. The number of primary amides is 1. The van der Waals surface area contributed by atoms with E-state index in [-0.39, 0.29) is 23.7 Å². The lowest BCUT2D eigenvalue weighted by Crippen LogP contribution is -2.29. The lowest BCUT2D eigenvalue weighted by atomic mass is 10.3. The van der Waals surface area contributed by atoms with Crippen molar-refractivity contribution in [2.75, 3.05) is 18.9 Å². The summed E-state index contributed by atoms with van der Waals surface area (Å²) in [6.45, 7) is -0.230. The predicted octanol–water partition coefficient (Wildman–Crippen LogP) is 0.405. The summed E-state index contributed by atoms with van der Waals surface area (Å²) in [6, 6.07) is 4.41. The summed E-state index contributed by atoms with van der Waals surface area (Å²) in [5.41, 5.74) is 10.5. The molecule has 1 rings (SSSR count). The van der Waals surface area contributed by atoms with E-state index in [1.807, 2.05) is 0 Å². The highest BCUT2D eigenvalue weighted by atomic mass is 79.9. The van der Waals surface area contributed by atoms with Gasteiger partial charge in [-0.1, -0.05) is 15.9 Å². The summed E-state index contributed by atoms with van der Waals surface area (Å²) in [5.74, 6) is 0. The van der Waals surface area contributed by atoms with E-state index in [1.54, 1.807) is 6.07 Å². The fourth-order valence-corrected chi connectivity index (χ4v) is 2.67. The lowest BCUT2D eigenvalue weighted by Gasteiger charge is -2.09. The highest BCUT2D eigenvalue weighted by Crippen LogP contribution is 2.22. The molecule has 100 valence electrons. The monoisotopic (exact) mass is 337 g/mol. The van der Waals surface area contributed by atoms with Crippen LogP contribution in [0.25, 0.3) is 0 Å². The first kappa shape index (κ1) is 14.7. The molecule has 0 heterocycles. The number of halogens is 1. The van der Waals surface area contributed by atoms with Crippen LogP contribution in [0.3, 0.4) is 0 Å². The molecule has 0 bridgehead atoms. The third-order valence-corrected chi connectivity index (χ3v) is 3.93. The van der Waals surface area contributed by atoms with Crippen molar-refractivity contribution in [3.63, 3.8) is 0 Å². The minimum absolute atomic E-state index is 0.0372. The molecule has 0 saturated heterocycles. The first-order valence-electron chi connectivity index (χ1n) is 4.80. The van der Waals surface area contributed by atoms with Gasteiger partial charge in [0.25, 0.3) is 0 Å². The van der Waals surface area contributed by atoms with Crippen LogP contribution in [0.2, 0.25) is 0 Å².